The van der Waals surface area contributed by atoms with Gasteiger partial charge in [0.1, 0.15) is 6.17 Å². The molecule has 1 fully saturated rings. The fraction of sp³-hybridized carbons (Fsp3) is 1.00. The molecule has 6 nitrogen and oxygen atoms in total. The number of rotatable bonds is 3. The molecule has 0 aliphatic carbocycles. The third-order valence-corrected chi connectivity index (χ3v) is 2.76. The first kappa shape index (κ1) is 12.3. The average Bonchev–Trinajstić information content (AvgIpc) is 2.41. The van der Waals surface area contributed by atoms with Crippen LogP contribution in [0.3, 0.4) is 0 Å². The Hall–Kier alpha value is -0.790. The lowest BCUT2D eigenvalue weighted by Gasteiger charge is -2.24. The normalized spacial score (nSPS) is 42.9. The second-order valence-electron chi connectivity index (χ2n) is 3.77. The van der Waals surface area contributed by atoms with E-state index in [1.165, 1.54) is 7.11 Å². The van der Waals surface area contributed by atoms with Crippen LogP contribution >= 0.6 is 0 Å². The Morgan fingerprint density at radius 3 is 2.53 bits per heavy atom. The van der Waals surface area contributed by atoms with Gasteiger partial charge in [0.2, 0.25) is 0 Å². The zero-order valence-corrected chi connectivity index (χ0v) is 8.71. The summed E-state index contributed by atoms with van der Waals surface area (Å²) in [6.45, 7) is 2.30. The minimum Gasteiger partial charge on any atom is -0.381 e. The van der Waals surface area contributed by atoms with Crippen LogP contribution in [-0.4, -0.2) is 47.3 Å². The van der Waals surface area contributed by atoms with Crippen LogP contribution in [0.5, 0.6) is 0 Å². The van der Waals surface area contributed by atoms with Gasteiger partial charge in [-0.05, 0) is 6.92 Å². The molecular formula is C8H14FNO5. The number of halogens is 1. The van der Waals surface area contributed by atoms with Crippen LogP contribution in [0, 0.1) is 10.1 Å². The van der Waals surface area contributed by atoms with Gasteiger partial charge in [-0.2, -0.15) is 0 Å². The van der Waals surface area contributed by atoms with Gasteiger partial charge in [-0.1, -0.05) is 0 Å². The Balaban J connectivity index is 3.03. The maximum absolute atomic E-state index is 13.1. The van der Waals surface area contributed by atoms with Crippen LogP contribution in [0.2, 0.25) is 0 Å². The van der Waals surface area contributed by atoms with Crippen LogP contribution in [0.1, 0.15) is 13.8 Å². The monoisotopic (exact) mass is 223 g/mol. The number of aliphatic hydroxyl groups is 1. The molecule has 0 saturated carbocycles. The van der Waals surface area contributed by atoms with E-state index in [0.717, 1.165) is 13.8 Å². The van der Waals surface area contributed by atoms with Crippen LogP contribution in [-0.2, 0) is 9.47 Å². The van der Waals surface area contributed by atoms with Crippen LogP contribution < -0.4 is 0 Å². The topological polar surface area (TPSA) is 81.8 Å². The zero-order valence-electron chi connectivity index (χ0n) is 8.71. The van der Waals surface area contributed by atoms with Crippen molar-refractivity contribution in [1.82, 2.24) is 0 Å². The van der Waals surface area contributed by atoms with E-state index in [4.69, 9.17) is 9.47 Å². The van der Waals surface area contributed by atoms with Crippen molar-refractivity contribution >= 4 is 0 Å². The van der Waals surface area contributed by atoms with E-state index in [1.54, 1.807) is 0 Å². The summed E-state index contributed by atoms with van der Waals surface area (Å²) in [7, 11) is 1.24. The zero-order chi connectivity index (χ0) is 11.8. The number of nitro groups is 1. The van der Waals surface area contributed by atoms with Crippen LogP contribution in [0.15, 0.2) is 0 Å². The Morgan fingerprint density at radius 1 is 1.73 bits per heavy atom. The standard InChI is InChI=1S/C8H14FNO5/c1-4(9)6-8(2,10(12)13)5(11)7(14-3)15-6/h4-7,11H,1-3H3/t4-,5-,6-,7-,8+/m1/s1. The molecular weight excluding hydrogens is 209 g/mol. The highest BCUT2D eigenvalue weighted by atomic mass is 19.1. The van der Waals surface area contributed by atoms with E-state index in [2.05, 4.69) is 0 Å². The van der Waals surface area contributed by atoms with Crippen molar-refractivity contribution in [2.45, 2.75) is 44.1 Å². The number of hydrogen-bond donors (Lipinski definition) is 1. The summed E-state index contributed by atoms with van der Waals surface area (Å²) in [5.74, 6) is 0. The van der Waals surface area contributed by atoms with Gasteiger partial charge in [-0.3, -0.25) is 10.1 Å². The molecule has 5 atom stereocenters. The van der Waals surface area contributed by atoms with Gasteiger partial charge >= 0.3 is 0 Å². The molecule has 0 bridgehead atoms. The molecule has 0 radical (unpaired) electrons. The lowest BCUT2D eigenvalue weighted by atomic mass is 9.89. The lowest BCUT2D eigenvalue weighted by molar-refractivity contribution is -0.582. The molecule has 0 spiro atoms. The third kappa shape index (κ3) is 1.70. The van der Waals surface area contributed by atoms with E-state index in [1.807, 2.05) is 0 Å². The largest absolute Gasteiger partial charge is 0.381 e. The molecule has 0 unspecified atom stereocenters. The molecule has 1 aliphatic rings. The summed E-state index contributed by atoms with van der Waals surface area (Å²) in [5.41, 5.74) is -1.88. The minimum atomic E-state index is -1.88. The quantitative estimate of drug-likeness (QED) is 0.542. The van der Waals surface area contributed by atoms with Gasteiger partial charge in [-0.25, -0.2) is 4.39 Å². The molecule has 7 heteroatoms. The average molecular weight is 223 g/mol. The van der Waals surface area contributed by atoms with Crippen molar-refractivity contribution < 1.29 is 23.9 Å². The second-order valence-corrected chi connectivity index (χ2v) is 3.77. The van der Waals surface area contributed by atoms with E-state index in [9.17, 15) is 19.6 Å². The highest BCUT2D eigenvalue weighted by Crippen LogP contribution is 2.36. The summed E-state index contributed by atoms with van der Waals surface area (Å²) in [6.07, 6.45) is -5.52. The summed E-state index contributed by atoms with van der Waals surface area (Å²) in [5, 5.41) is 20.5. The second kappa shape index (κ2) is 3.99. The number of hydrogen-bond acceptors (Lipinski definition) is 5. The number of aliphatic hydroxyl groups excluding tert-OH is 1. The summed E-state index contributed by atoms with van der Waals surface area (Å²) in [4.78, 5) is 10.1. The van der Waals surface area contributed by atoms with Crippen molar-refractivity contribution in [1.29, 1.82) is 0 Å². The van der Waals surface area contributed by atoms with Crippen molar-refractivity contribution in [2.75, 3.05) is 7.11 Å². The molecule has 1 aliphatic heterocycles. The number of alkyl halides is 1. The molecule has 0 aromatic heterocycles. The van der Waals surface area contributed by atoms with Gasteiger partial charge in [0.25, 0.3) is 5.54 Å². The molecule has 0 aromatic carbocycles. The van der Waals surface area contributed by atoms with Crippen LogP contribution in [0.4, 0.5) is 4.39 Å². The third-order valence-electron chi connectivity index (χ3n) is 2.76. The number of ether oxygens (including phenoxy) is 2. The predicted molar refractivity (Wildman–Crippen MR) is 47.6 cm³/mol. The highest BCUT2D eigenvalue weighted by Gasteiger charge is 2.64. The smallest absolute Gasteiger partial charge is 0.278 e. The molecule has 88 valence electrons. The van der Waals surface area contributed by atoms with Gasteiger partial charge in [-0.15, -0.1) is 0 Å². The Labute approximate surface area is 86.1 Å². The van der Waals surface area contributed by atoms with Crippen LogP contribution in [0.25, 0.3) is 0 Å². The molecule has 1 N–H and O–H groups in total. The lowest BCUT2D eigenvalue weighted by Crippen LogP contribution is -2.54. The molecule has 1 heterocycles. The Morgan fingerprint density at radius 2 is 2.27 bits per heavy atom. The van der Waals surface area contributed by atoms with Crippen molar-refractivity contribution in [3.05, 3.63) is 10.1 Å². The van der Waals surface area contributed by atoms with Gasteiger partial charge in [0, 0.05) is 19.0 Å². The van der Waals surface area contributed by atoms with Crippen molar-refractivity contribution in [2.24, 2.45) is 0 Å². The number of nitrogens with zero attached hydrogens (tertiary/aromatic N) is 1. The summed E-state index contributed by atoms with van der Waals surface area (Å²) < 4.78 is 22.8. The van der Waals surface area contributed by atoms with E-state index in [0.29, 0.717) is 0 Å². The fourth-order valence-electron chi connectivity index (χ4n) is 1.77. The Kier molecular flexibility index (Phi) is 3.27. The molecule has 0 aromatic rings. The van der Waals surface area contributed by atoms with Crippen molar-refractivity contribution in [3.8, 4) is 0 Å². The van der Waals surface area contributed by atoms with Crippen molar-refractivity contribution in [3.63, 3.8) is 0 Å². The summed E-state index contributed by atoms with van der Waals surface area (Å²) in [6, 6.07) is 0. The van der Waals surface area contributed by atoms with E-state index in [-0.39, 0.29) is 0 Å². The number of methoxy groups -OCH3 is 1. The molecule has 15 heavy (non-hydrogen) atoms. The predicted octanol–water partition coefficient (Wildman–Crippen LogP) is 0.112. The van der Waals surface area contributed by atoms with Gasteiger partial charge in [0.15, 0.2) is 18.5 Å². The van der Waals surface area contributed by atoms with E-state index >= 15 is 0 Å². The first-order chi connectivity index (χ1) is 6.85. The molecule has 0 amide bonds. The maximum Gasteiger partial charge on any atom is 0.278 e. The van der Waals surface area contributed by atoms with E-state index < -0.39 is 35.1 Å². The SMILES string of the molecule is CO[C@@H]1O[C@H]([C@@H](C)F)[C@@](C)([N+](=O)[O-])[C@@H]1O. The Bertz CT molecular complexity index is 261. The molecule has 1 saturated heterocycles. The first-order valence-electron chi connectivity index (χ1n) is 4.50. The first-order valence-corrected chi connectivity index (χ1v) is 4.50. The van der Waals surface area contributed by atoms with Gasteiger partial charge < -0.3 is 14.6 Å². The summed E-state index contributed by atoms with van der Waals surface area (Å²) >= 11 is 0. The molecule has 1 rings (SSSR count). The highest BCUT2D eigenvalue weighted by molar-refractivity contribution is 5.00. The minimum absolute atomic E-state index is 0.725. The van der Waals surface area contributed by atoms with Gasteiger partial charge in [0.05, 0.1) is 0 Å². The maximum atomic E-state index is 13.1. The fourth-order valence-corrected chi connectivity index (χ4v) is 1.77.